The van der Waals surface area contributed by atoms with Gasteiger partial charge in [-0.2, -0.15) is 0 Å². The molecule has 2 aromatic carbocycles. The summed E-state index contributed by atoms with van der Waals surface area (Å²) in [5.41, 5.74) is 4.82. The van der Waals surface area contributed by atoms with E-state index < -0.39 is 5.92 Å². The van der Waals surface area contributed by atoms with E-state index in [1.54, 1.807) is 0 Å². The number of hydrogen-bond donors (Lipinski definition) is 0. The third-order valence-corrected chi connectivity index (χ3v) is 7.72. The van der Waals surface area contributed by atoms with Gasteiger partial charge in [0.05, 0.1) is 6.61 Å². The highest BCUT2D eigenvalue weighted by Crippen LogP contribution is 2.47. The molecule has 3 rings (SSSR count). The first kappa shape index (κ1) is 29.9. The van der Waals surface area contributed by atoms with E-state index in [9.17, 15) is 9.59 Å². The van der Waals surface area contributed by atoms with Crippen molar-refractivity contribution in [2.24, 2.45) is 0 Å². The standard InChI is InChI=1S/C34H48O4/c1-6-7-8-9-10-11-12-13-14-18-23-37-29(35)22-21-27-24-28(34(3,4)5)32-30(25(27)2)31(33(36)38-32)26-19-16-15-17-20-26/h15-17,19-20,24,31H,6-14,18,21-23H2,1-5H3. The van der Waals surface area contributed by atoms with E-state index in [-0.39, 0.29) is 17.4 Å². The largest absolute Gasteiger partial charge is 0.466 e. The van der Waals surface area contributed by atoms with Crippen LogP contribution in [0.15, 0.2) is 36.4 Å². The minimum absolute atomic E-state index is 0.148. The van der Waals surface area contributed by atoms with Crippen LogP contribution in [-0.2, 0) is 26.2 Å². The summed E-state index contributed by atoms with van der Waals surface area (Å²) in [6.45, 7) is 11.2. The average molecular weight is 521 g/mol. The van der Waals surface area contributed by atoms with Crippen LogP contribution < -0.4 is 4.74 Å². The van der Waals surface area contributed by atoms with Crippen LogP contribution in [0.25, 0.3) is 0 Å². The van der Waals surface area contributed by atoms with Crippen LogP contribution in [0.2, 0.25) is 0 Å². The molecule has 0 spiro atoms. The van der Waals surface area contributed by atoms with Crippen molar-refractivity contribution in [1.82, 2.24) is 0 Å². The summed E-state index contributed by atoms with van der Waals surface area (Å²) in [7, 11) is 0. The van der Waals surface area contributed by atoms with Gasteiger partial charge < -0.3 is 9.47 Å². The molecule has 2 aromatic rings. The number of carbonyl (C=O) groups is 2. The zero-order valence-electron chi connectivity index (χ0n) is 24.4. The SMILES string of the molecule is CCCCCCCCCCCCOC(=O)CCc1cc(C(C)(C)C)c2c(c1C)C(c1ccccc1)C(=O)O2. The van der Waals surface area contributed by atoms with Gasteiger partial charge in [0.2, 0.25) is 0 Å². The maximum absolute atomic E-state index is 13.0. The molecule has 1 unspecified atom stereocenters. The molecule has 1 atom stereocenters. The third kappa shape index (κ3) is 8.19. The molecule has 1 heterocycles. The lowest BCUT2D eigenvalue weighted by atomic mass is 9.79. The molecule has 0 saturated heterocycles. The first-order valence-electron chi connectivity index (χ1n) is 14.8. The number of ether oxygens (including phenoxy) is 2. The molecule has 4 heteroatoms. The van der Waals surface area contributed by atoms with Crippen LogP contribution in [0.1, 0.15) is 132 Å². The summed E-state index contributed by atoms with van der Waals surface area (Å²) < 4.78 is 11.4. The maximum atomic E-state index is 13.0. The number of fused-ring (bicyclic) bond motifs is 1. The molecule has 0 radical (unpaired) electrons. The summed E-state index contributed by atoms with van der Waals surface area (Å²) in [5, 5.41) is 0. The van der Waals surface area contributed by atoms with Crippen molar-refractivity contribution in [1.29, 1.82) is 0 Å². The van der Waals surface area contributed by atoms with Crippen molar-refractivity contribution >= 4 is 11.9 Å². The van der Waals surface area contributed by atoms with Gasteiger partial charge in [-0.3, -0.25) is 9.59 Å². The van der Waals surface area contributed by atoms with Gasteiger partial charge in [-0.15, -0.1) is 0 Å². The average Bonchev–Trinajstić information content (AvgIpc) is 3.23. The second-order valence-corrected chi connectivity index (χ2v) is 11.9. The second-order valence-electron chi connectivity index (χ2n) is 11.9. The van der Waals surface area contributed by atoms with Gasteiger partial charge in [0.25, 0.3) is 0 Å². The van der Waals surface area contributed by atoms with E-state index in [1.165, 1.54) is 51.4 Å². The van der Waals surface area contributed by atoms with Crippen LogP contribution in [0.4, 0.5) is 0 Å². The summed E-state index contributed by atoms with van der Waals surface area (Å²) in [6, 6.07) is 12.0. The number of aryl methyl sites for hydroxylation is 1. The van der Waals surface area contributed by atoms with Gasteiger partial charge in [0.15, 0.2) is 0 Å². The lowest BCUT2D eigenvalue weighted by molar-refractivity contribution is -0.143. The van der Waals surface area contributed by atoms with Gasteiger partial charge in [0.1, 0.15) is 11.7 Å². The zero-order valence-corrected chi connectivity index (χ0v) is 24.4. The van der Waals surface area contributed by atoms with E-state index in [1.807, 2.05) is 37.3 Å². The molecule has 0 aliphatic carbocycles. The Bertz CT molecular complexity index is 1050. The number of benzene rings is 2. The van der Waals surface area contributed by atoms with Gasteiger partial charge in [0, 0.05) is 17.5 Å². The fourth-order valence-electron chi connectivity index (χ4n) is 5.42. The summed E-state index contributed by atoms with van der Waals surface area (Å²) in [6.07, 6.45) is 13.6. The van der Waals surface area contributed by atoms with Crippen LogP contribution >= 0.6 is 0 Å². The molecule has 1 aliphatic heterocycles. The number of esters is 2. The molecule has 0 aromatic heterocycles. The Morgan fingerprint density at radius 2 is 1.53 bits per heavy atom. The molecule has 4 nitrogen and oxygen atoms in total. The Morgan fingerprint density at radius 1 is 0.921 bits per heavy atom. The van der Waals surface area contributed by atoms with Crippen LogP contribution in [0.5, 0.6) is 5.75 Å². The number of rotatable bonds is 15. The highest BCUT2D eigenvalue weighted by atomic mass is 16.5. The number of hydrogen-bond acceptors (Lipinski definition) is 4. The van der Waals surface area contributed by atoms with E-state index in [4.69, 9.17) is 9.47 Å². The minimum Gasteiger partial charge on any atom is -0.466 e. The van der Waals surface area contributed by atoms with Crippen molar-refractivity contribution in [2.75, 3.05) is 6.61 Å². The topological polar surface area (TPSA) is 52.6 Å². The summed E-state index contributed by atoms with van der Waals surface area (Å²) >= 11 is 0. The fourth-order valence-corrected chi connectivity index (χ4v) is 5.42. The molecular weight excluding hydrogens is 472 g/mol. The Hall–Kier alpha value is -2.62. The fraction of sp³-hybridized carbons (Fsp3) is 0.588. The predicted octanol–water partition coefficient (Wildman–Crippen LogP) is 8.74. The Morgan fingerprint density at radius 3 is 2.13 bits per heavy atom. The van der Waals surface area contributed by atoms with Gasteiger partial charge >= 0.3 is 11.9 Å². The molecule has 0 fully saturated rings. The molecule has 208 valence electrons. The molecular formula is C34H48O4. The lowest BCUT2D eigenvalue weighted by Gasteiger charge is -2.24. The highest BCUT2D eigenvalue weighted by molar-refractivity contribution is 5.91. The van der Waals surface area contributed by atoms with Crippen LogP contribution in [0.3, 0.4) is 0 Å². The van der Waals surface area contributed by atoms with Crippen molar-refractivity contribution < 1.29 is 19.1 Å². The van der Waals surface area contributed by atoms with Crippen molar-refractivity contribution in [3.63, 3.8) is 0 Å². The molecule has 0 saturated carbocycles. The molecule has 0 bridgehead atoms. The number of unbranched alkanes of at least 4 members (excludes halogenated alkanes) is 9. The Kier molecular flexibility index (Phi) is 11.4. The van der Waals surface area contributed by atoms with Gasteiger partial charge in [-0.05, 0) is 41.9 Å². The number of carbonyl (C=O) groups excluding carboxylic acids is 2. The lowest BCUT2D eigenvalue weighted by Crippen LogP contribution is -2.15. The monoisotopic (exact) mass is 520 g/mol. The summed E-state index contributed by atoms with van der Waals surface area (Å²) in [5.74, 6) is -0.116. The second kappa shape index (κ2) is 14.5. The first-order chi connectivity index (χ1) is 18.2. The normalized spacial score (nSPS) is 14.9. The van der Waals surface area contributed by atoms with Crippen molar-refractivity contribution in [3.05, 3.63) is 64.2 Å². The molecule has 1 aliphatic rings. The summed E-state index contributed by atoms with van der Waals surface area (Å²) in [4.78, 5) is 25.6. The van der Waals surface area contributed by atoms with Gasteiger partial charge in [-0.25, -0.2) is 0 Å². The minimum atomic E-state index is -0.435. The van der Waals surface area contributed by atoms with E-state index in [0.717, 1.165) is 40.7 Å². The van der Waals surface area contributed by atoms with Gasteiger partial charge in [-0.1, -0.05) is 122 Å². The zero-order chi connectivity index (χ0) is 27.5. The van der Waals surface area contributed by atoms with E-state index in [0.29, 0.717) is 25.2 Å². The Balaban J connectivity index is 1.55. The highest BCUT2D eigenvalue weighted by Gasteiger charge is 2.40. The van der Waals surface area contributed by atoms with Crippen LogP contribution in [-0.4, -0.2) is 18.5 Å². The first-order valence-corrected chi connectivity index (χ1v) is 14.8. The van der Waals surface area contributed by atoms with Crippen LogP contribution in [0, 0.1) is 6.92 Å². The smallest absolute Gasteiger partial charge is 0.323 e. The van der Waals surface area contributed by atoms with E-state index in [2.05, 4.69) is 33.8 Å². The third-order valence-electron chi connectivity index (χ3n) is 7.72. The molecule has 0 amide bonds. The maximum Gasteiger partial charge on any atom is 0.323 e. The predicted molar refractivity (Wildman–Crippen MR) is 155 cm³/mol. The quantitative estimate of drug-likeness (QED) is 0.134. The van der Waals surface area contributed by atoms with Crippen molar-refractivity contribution in [3.8, 4) is 5.75 Å². The van der Waals surface area contributed by atoms with E-state index >= 15 is 0 Å². The molecule has 0 N–H and O–H groups in total. The Labute approximate surface area is 230 Å². The molecule has 38 heavy (non-hydrogen) atoms. The van der Waals surface area contributed by atoms with Crippen molar-refractivity contribution in [2.45, 2.75) is 123 Å².